The minimum atomic E-state index is -0.152. The molecule has 0 fully saturated rings. The highest BCUT2D eigenvalue weighted by atomic mass is 16.5. The largest absolute Gasteiger partial charge is 0.497 e. The number of rotatable bonds is 8. The van der Waals surface area contributed by atoms with Gasteiger partial charge < -0.3 is 14.6 Å². The average Bonchev–Trinajstić information content (AvgIpc) is 3.47. The third-order valence-electron chi connectivity index (χ3n) is 4.76. The summed E-state index contributed by atoms with van der Waals surface area (Å²) in [5, 5.41) is 7.71. The quantitative estimate of drug-likeness (QED) is 0.458. The Balaban J connectivity index is 1.58. The van der Waals surface area contributed by atoms with E-state index in [-0.39, 0.29) is 5.91 Å². The Morgan fingerprint density at radius 3 is 2.77 bits per heavy atom. The third-order valence-corrected chi connectivity index (χ3v) is 4.76. The maximum Gasteiger partial charge on any atom is 0.255 e. The molecule has 0 bridgehead atoms. The highest BCUT2D eigenvalue weighted by Crippen LogP contribution is 2.27. The Morgan fingerprint density at radius 1 is 1.13 bits per heavy atom. The van der Waals surface area contributed by atoms with E-state index in [9.17, 15) is 4.79 Å². The number of nitrogens with zero attached hydrogens (tertiary/aromatic N) is 4. The predicted molar refractivity (Wildman–Crippen MR) is 115 cm³/mol. The summed E-state index contributed by atoms with van der Waals surface area (Å²) >= 11 is 0. The molecule has 4 rings (SSSR count). The molecular formula is C23H23N5O2. The number of benzene rings is 2. The van der Waals surface area contributed by atoms with Gasteiger partial charge in [0.05, 0.1) is 24.7 Å². The smallest absolute Gasteiger partial charge is 0.255 e. The molecule has 2 aromatic heterocycles. The molecule has 0 atom stereocenters. The number of para-hydroxylation sites is 1. The number of amides is 1. The maximum atomic E-state index is 13.0. The number of methoxy groups -OCH3 is 1. The first-order chi connectivity index (χ1) is 14.7. The van der Waals surface area contributed by atoms with Crippen molar-refractivity contribution in [2.24, 2.45) is 0 Å². The maximum absolute atomic E-state index is 13.0. The van der Waals surface area contributed by atoms with Crippen LogP contribution in [-0.4, -0.2) is 38.9 Å². The molecule has 0 aliphatic carbocycles. The number of carbonyl (C=O) groups excluding carboxylic acids is 1. The van der Waals surface area contributed by atoms with Crippen LogP contribution < -0.4 is 10.1 Å². The zero-order valence-corrected chi connectivity index (χ0v) is 16.7. The van der Waals surface area contributed by atoms with Crippen molar-refractivity contribution in [3.05, 3.63) is 85.1 Å². The van der Waals surface area contributed by atoms with Crippen LogP contribution in [-0.2, 0) is 6.54 Å². The number of aryl methyl sites for hydroxylation is 1. The van der Waals surface area contributed by atoms with E-state index in [1.165, 1.54) is 0 Å². The number of ether oxygens (including phenoxy) is 1. The molecule has 0 radical (unpaired) electrons. The lowest BCUT2D eigenvalue weighted by Gasteiger charge is -2.07. The fourth-order valence-corrected chi connectivity index (χ4v) is 3.21. The first-order valence-corrected chi connectivity index (χ1v) is 9.78. The second-order valence-electron chi connectivity index (χ2n) is 6.81. The molecule has 30 heavy (non-hydrogen) atoms. The van der Waals surface area contributed by atoms with Crippen LogP contribution in [0.25, 0.3) is 16.9 Å². The van der Waals surface area contributed by atoms with Crippen LogP contribution in [0.1, 0.15) is 16.8 Å². The van der Waals surface area contributed by atoms with Crippen molar-refractivity contribution in [1.29, 1.82) is 0 Å². The standard InChI is InChI=1S/C23H23N5O2/c1-30-20-10-5-7-18(15-20)22-21(16-28(26-22)19-8-3-2-4-9-19)23(29)25-11-6-13-27-14-12-24-17-27/h2-5,7-10,12,14-17H,6,11,13H2,1H3,(H,25,29). The highest BCUT2D eigenvalue weighted by molar-refractivity contribution is 6.00. The molecule has 0 saturated heterocycles. The van der Waals surface area contributed by atoms with Gasteiger partial charge in [0.25, 0.3) is 5.91 Å². The zero-order valence-electron chi connectivity index (χ0n) is 16.7. The van der Waals surface area contributed by atoms with E-state index in [4.69, 9.17) is 9.84 Å². The summed E-state index contributed by atoms with van der Waals surface area (Å²) in [6.07, 6.45) is 8.01. The molecular weight excluding hydrogens is 378 g/mol. The summed E-state index contributed by atoms with van der Waals surface area (Å²) < 4.78 is 9.06. The molecule has 1 amide bonds. The molecule has 0 saturated carbocycles. The van der Waals surface area contributed by atoms with Gasteiger partial charge in [-0.2, -0.15) is 5.10 Å². The van der Waals surface area contributed by atoms with Crippen molar-refractivity contribution >= 4 is 5.91 Å². The van der Waals surface area contributed by atoms with Crippen LogP contribution in [0.4, 0.5) is 0 Å². The molecule has 2 aromatic carbocycles. The van der Waals surface area contributed by atoms with E-state index in [2.05, 4.69) is 10.3 Å². The number of carbonyl (C=O) groups is 1. The molecule has 7 nitrogen and oxygen atoms in total. The number of nitrogens with one attached hydrogen (secondary N) is 1. The Bertz CT molecular complexity index is 1100. The zero-order chi connectivity index (χ0) is 20.8. The Morgan fingerprint density at radius 2 is 2.00 bits per heavy atom. The van der Waals surface area contributed by atoms with Crippen molar-refractivity contribution in [2.45, 2.75) is 13.0 Å². The van der Waals surface area contributed by atoms with Crippen LogP contribution >= 0.6 is 0 Å². The van der Waals surface area contributed by atoms with Gasteiger partial charge in [-0.25, -0.2) is 9.67 Å². The Kier molecular flexibility index (Phi) is 5.89. The van der Waals surface area contributed by atoms with Gasteiger partial charge in [-0.15, -0.1) is 0 Å². The minimum absolute atomic E-state index is 0.152. The van der Waals surface area contributed by atoms with Gasteiger partial charge in [0.15, 0.2) is 0 Å². The van der Waals surface area contributed by atoms with E-state index in [0.29, 0.717) is 23.6 Å². The second kappa shape index (κ2) is 9.09. The monoisotopic (exact) mass is 401 g/mol. The number of aromatic nitrogens is 4. The van der Waals surface area contributed by atoms with Crippen molar-refractivity contribution < 1.29 is 9.53 Å². The Hall–Kier alpha value is -3.87. The van der Waals surface area contributed by atoms with Gasteiger partial charge in [0, 0.05) is 37.2 Å². The van der Waals surface area contributed by atoms with Crippen molar-refractivity contribution in [2.75, 3.05) is 13.7 Å². The predicted octanol–water partition coefficient (Wildman–Crippen LogP) is 3.56. The van der Waals surface area contributed by atoms with Crippen molar-refractivity contribution in [1.82, 2.24) is 24.6 Å². The van der Waals surface area contributed by atoms with E-state index in [0.717, 1.165) is 24.2 Å². The van der Waals surface area contributed by atoms with Crippen LogP contribution in [0.15, 0.2) is 79.5 Å². The lowest BCUT2D eigenvalue weighted by atomic mass is 10.1. The number of hydrogen-bond donors (Lipinski definition) is 1. The molecule has 0 unspecified atom stereocenters. The van der Waals surface area contributed by atoms with E-state index < -0.39 is 0 Å². The summed E-state index contributed by atoms with van der Waals surface area (Å²) in [5.74, 6) is 0.564. The van der Waals surface area contributed by atoms with E-state index in [1.807, 2.05) is 65.4 Å². The van der Waals surface area contributed by atoms with Crippen LogP contribution in [0.3, 0.4) is 0 Å². The van der Waals surface area contributed by atoms with Gasteiger partial charge in [0.2, 0.25) is 0 Å². The fourth-order valence-electron chi connectivity index (χ4n) is 3.21. The molecule has 2 heterocycles. The summed E-state index contributed by atoms with van der Waals surface area (Å²) in [5.41, 5.74) is 2.85. The minimum Gasteiger partial charge on any atom is -0.497 e. The molecule has 0 aliphatic rings. The molecule has 0 spiro atoms. The molecule has 7 heteroatoms. The van der Waals surface area contributed by atoms with Crippen LogP contribution in [0.5, 0.6) is 5.75 Å². The molecule has 4 aromatic rings. The van der Waals surface area contributed by atoms with Crippen molar-refractivity contribution in [3.8, 4) is 22.7 Å². The summed E-state index contributed by atoms with van der Waals surface area (Å²) in [6.45, 7) is 1.36. The fraction of sp³-hybridized carbons (Fsp3) is 0.174. The van der Waals surface area contributed by atoms with Crippen LogP contribution in [0.2, 0.25) is 0 Å². The average molecular weight is 401 g/mol. The molecule has 0 aliphatic heterocycles. The van der Waals surface area contributed by atoms with Gasteiger partial charge in [0.1, 0.15) is 11.4 Å². The van der Waals surface area contributed by atoms with E-state index in [1.54, 1.807) is 30.5 Å². The molecule has 152 valence electrons. The highest BCUT2D eigenvalue weighted by Gasteiger charge is 2.19. The number of imidazole rings is 1. The normalized spacial score (nSPS) is 10.7. The first kappa shape index (κ1) is 19.4. The van der Waals surface area contributed by atoms with Gasteiger partial charge in [-0.1, -0.05) is 30.3 Å². The third kappa shape index (κ3) is 4.41. The SMILES string of the molecule is COc1cccc(-c2nn(-c3ccccc3)cc2C(=O)NCCCn2ccnc2)c1. The van der Waals surface area contributed by atoms with Gasteiger partial charge in [-0.05, 0) is 30.7 Å². The lowest BCUT2D eigenvalue weighted by molar-refractivity contribution is 0.0953. The van der Waals surface area contributed by atoms with Crippen molar-refractivity contribution in [3.63, 3.8) is 0 Å². The summed E-state index contributed by atoms with van der Waals surface area (Å²) in [4.78, 5) is 17.0. The molecule has 1 N–H and O–H groups in total. The van der Waals surface area contributed by atoms with Gasteiger partial charge in [-0.3, -0.25) is 4.79 Å². The number of hydrogen-bond acceptors (Lipinski definition) is 4. The Labute approximate surface area is 174 Å². The summed E-state index contributed by atoms with van der Waals surface area (Å²) in [7, 11) is 1.62. The van der Waals surface area contributed by atoms with Crippen LogP contribution in [0, 0.1) is 0 Å². The van der Waals surface area contributed by atoms with E-state index >= 15 is 0 Å². The topological polar surface area (TPSA) is 74.0 Å². The lowest BCUT2D eigenvalue weighted by Crippen LogP contribution is -2.25. The second-order valence-corrected chi connectivity index (χ2v) is 6.81. The first-order valence-electron chi connectivity index (χ1n) is 9.78. The summed E-state index contributed by atoms with van der Waals surface area (Å²) in [6, 6.07) is 17.3. The van der Waals surface area contributed by atoms with Gasteiger partial charge >= 0.3 is 0 Å².